The van der Waals surface area contributed by atoms with Crippen LogP contribution in [0.5, 0.6) is 5.75 Å². The lowest BCUT2D eigenvalue weighted by Crippen LogP contribution is -2.02. The molecule has 0 radical (unpaired) electrons. The summed E-state index contributed by atoms with van der Waals surface area (Å²) in [7, 11) is 1.72. The zero-order valence-corrected chi connectivity index (χ0v) is 14.0. The standard InChI is InChI=1S/C15H22BrClO/c1-5-6-7-8-13(17)14-11(3)12(16)9-10(2)15(14)18-4/h9,13H,5-8H2,1-4H3. The van der Waals surface area contributed by atoms with Crippen molar-refractivity contribution in [1.82, 2.24) is 0 Å². The average Bonchev–Trinajstić information content (AvgIpc) is 2.33. The van der Waals surface area contributed by atoms with Crippen molar-refractivity contribution < 1.29 is 4.74 Å². The van der Waals surface area contributed by atoms with Crippen LogP contribution in [-0.4, -0.2) is 7.11 Å². The Kier molecular flexibility index (Phi) is 6.51. The fourth-order valence-corrected chi connectivity index (χ4v) is 3.22. The van der Waals surface area contributed by atoms with E-state index in [-0.39, 0.29) is 5.38 Å². The molecule has 0 aromatic heterocycles. The zero-order chi connectivity index (χ0) is 13.7. The number of hydrogen-bond donors (Lipinski definition) is 0. The number of rotatable bonds is 6. The van der Waals surface area contributed by atoms with Crippen LogP contribution in [0.15, 0.2) is 10.5 Å². The summed E-state index contributed by atoms with van der Waals surface area (Å²) in [5.41, 5.74) is 3.46. The van der Waals surface area contributed by atoms with Gasteiger partial charge in [0.15, 0.2) is 0 Å². The minimum Gasteiger partial charge on any atom is -0.496 e. The van der Waals surface area contributed by atoms with Crippen molar-refractivity contribution in [3.8, 4) is 5.75 Å². The van der Waals surface area contributed by atoms with Crippen LogP contribution in [0, 0.1) is 13.8 Å². The van der Waals surface area contributed by atoms with E-state index in [0.29, 0.717) is 0 Å². The van der Waals surface area contributed by atoms with E-state index in [4.69, 9.17) is 16.3 Å². The molecule has 1 aromatic rings. The van der Waals surface area contributed by atoms with E-state index >= 15 is 0 Å². The van der Waals surface area contributed by atoms with E-state index in [0.717, 1.165) is 27.8 Å². The monoisotopic (exact) mass is 332 g/mol. The van der Waals surface area contributed by atoms with E-state index in [1.807, 2.05) is 0 Å². The number of alkyl halides is 1. The summed E-state index contributed by atoms with van der Waals surface area (Å²) >= 11 is 10.2. The second kappa shape index (κ2) is 7.40. The van der Waals surface area contributed by atoms with Crippen molar-refractivity contribution >= 4 is 27.5 Å². The number of unbranched alkanes of at least 4 members (excludes halogenated alkanes) is 2. The molecule has 1 nitrogen and oxygen atoms in total. The maximum absolute atomic E-state index is 6.57. The predicted octanol–water partition coefficient (Wildman–Crippen LogP) is 5.93. The normalized spacial score (nSPS) is 12.6. The van der Waals surface area contributed by atoms with Gasteiger partial charge in [-0.25, -0.2) is 0 Å². The highest BCUT2D eigenvalue weighted by molar-refractivity contribution is 9.10. The molecular formula is C15H22BrClO. The van der Waals surface area contributed by atoms with E-state index in [2.05, 4.69) is 42.8 Å². The topological polar surface area (TPSA) is 9.23 Å². The molecule has 1 rings (SSSR count). The largest absolute Gasteiger partial charge is 0.496 e. The molecule has 0 aliphatic heterocycles. The molecule has 0 bridgehead atoms. The first-order valence-corrected chi connectivity index (χ1v) is 7.73. The van der Waals surface area contributed by atoms with Gasteiger partial charge < -0.3 is 4.74 Å². The van der Waals surface area contributed by atoms with Crippen LogP contribution in [0.25, 0.3) is 0 Å². The van der Waals surface area contributed by atoms with Gasteiger partial charge in [0.1, 0.15) is 5.75 Å². The molecule has 3 heteroatoms. The quantitative estimate of drug-likeness (QED) is 0.463. The lowest BCUT2D eigenvalue weighted by Gasteiger charge is -2.20. The Morgan fingerprint density at radius 1 is 1.33 bits per heavy atom. The van der Waals surface area contributed by atoms with Crippen LogP contribution in [0.4, 0.5) is 0 Å². The minimum absolute atomic E-state index is 0.0303. The fourth-order valence-electron chi connectivity index (χ4n) is 2.24. The molecule has 0 amide bonds. The van der Waals surface area contributed by atoms with E-state index in [1.54, 1.807) is 7.11 Å². The molecule has 0 aliphatic carbocycles. The van der Waals surface area contributed by atoms with Crippen molar-refractivity contribution in [3.05, 3.63) is 27.2 Å². The Balaban J connectivity index is 3.05. The Morgan fingerprint density at radius 2 is 2.00 bits per heavy atom. The Bertz CT molecular complexity index is 404. The van der Waals surface area contributed by atoms with Crippen molar-refractivity contribution in [2.45, 2.75) is 51.8 Å². The second-order valence-corrected chi connectivity index (χ2v) is 6.09. The Labute approximate surface area is 124 Å². The van der Waals surface area contributed by atoms with Crippen LogP contribution in [0.1, 0.15) is 54.7 Å². The van der Waals surface area contributed by atoms with Gasteiger partial charge in [0.25, 0.3) is 0 Å². The summed E-state index contributed by atoms with van der Waals surface area (Å²) in [5.74, 6) is 0.937. The van der Waals surface area contributed by atoms with Gasteiger partial charge in [-0.3, -0.25) is 0 Å². The smallest absolute Gasteiger partial charge is 0.126 e. The Hall–Kier alpha value is -0.210. The molecule has 1 aromatic carbocycles. The minimum atomic E-state index is 0.0303. The highest BCUT2D eigenvalue weighted by Crippen LogP contribution is 2.40. The van der Waals surface area contributed by atoms with Gasteiger partial charge in [0.05, 0.1) is 12.5 Å². The molecule has 0 aliphatic rings. The summed E-state index contributed by atoms with van der Waals surface area (Å²) in [6.45, 7) is 6.36. The van der Waals surface area contributed by atoms with Gasteiger partial charge in [-0.1, -0.05) is 42.1 Å². The van der Waals surface area contributed by atoms with Crippen LogP contribution in [-0.2, 0) is 0 Å². The van der Waals surface area contributed by atoms with Gasteiger partial charge in [-0.15, -0.1) is 11.6 Å². The SMILES string of the molecule is CCCCCC(Cl)c1c(C)c(Br)cc(C)c1OC. The van der Waals surface area contributed by atoms with Crippen LogP contribution in [0.2, 0.25) is 0 Å². The van der Waals surface area contributed by atoms with Crippen molar-refractivity contribution in [1.29, 1.82) is 0 Å². The van der Waals surface area contributed by atoms with Crippen LogP contribution < -0.4 is 4.74 Å². The number of ether oxygens (including phenoxy) is 1. The first-order chi connectivity index (χ1) is 8.52. The third-order valence-electron chi connectivity index (χ3n) is 3.29. The molecule has 0 saturated heterocycles. The summed E-state index contributed by atoms with van der Waals surface area (Å²) in [6.07, 6.45) is 4.62. The second-order valence-electron chi connectivity index (χ2n) is 4.71. The fraction of sp³-hybridized carbons (Fsp3) is 0.600. The molecule has 0 spiro atoms. The number of hydrogen-bond acceptors (Lipinski definition) is 1. The van der Waals surface area contributed by atoms with Crippen molar-refractivity contribution in [3.63, 3.8) is 0 Å². The first-order valence-electron chi connectivity index (χ1n) is 6.50. The number of methoxy groups -OCH3 is 1. The summed E-state index contributed by atoms with van der Waals surface area (Å²) in [5, 5.41) is 0.0303. The summed E-state index contributed by atoms with van der Waals surface area (Å²) in [6, 6.07) is 2.09. The molecule has 0 heterocycles. The van der Waals surface area contributed by atoms with E-state index < -0.39 is 0 Å². The van der Waals surface area contributed by atoms with E-state index in [9.17, 15) is 0 Å². The molecule has 0 saturated carbocycles. The Morgan fingerprint density at radius 3 is 2.56 bits per heavy atom. The van der Waals surface area contributed by atoms with Gasteiger partial charge in [-0.2, -0.15) is 0 Å². The molecule has 0 fully saturated rings. The van der Waals surface area contributed by atoms with Crippen molar-refractivity contribution in [2.24, 2.45) is 0 Å². The van der Waals surface area contributed by atoms with Crippen LogP contribution in [0.3, 0.4) is 0 Å². The number of benzene rings is 1. The predicted molar refractivity (Wildman–Crippen MR) is 82.9 cm³/mol. The molecule has 1 atom stereocenters. The van der Waals surface area contributed by atoms with Crippen molar-refractivity contribution in [2.75, 3.05) is 7.11 Å². The molecular weight excluding hydrogens is 312 g/mol. The maximum atomic E-state index is 6.57. The molecule has 102 valence electrons. The lowest BCUT2D eigenvalue weighted by atomic mass is 9.97. The van der Waals surface area contributed by atoms with Gasteiger partial charge >= 0.3 is 0 Å². The number of halogens is 2. The number of aryl methyl sites for hydroxylation is 1. The van der Waals surface area contributed by atoms with Gasteiger partial charge in [0, 0.05) is 10.0 Å². The van der Waals surface area contributed by atoms with Gasteiger partial charge in [-0.05, 0) is 37.5 Å². The average molecular weight is 334 g/mol. The zero-order valence-electron chi connectivity index (χ0n) is 11.6. The summed E-state index contributed by atoms with van der Waals surface area (Å²) in [4.78, 5) is 0. The molecule has 18 heavy (non-hydrogen) atoms. The first kappa shape index (κ1) is 15.8. The maximum Gasteiger partial charge on any atom is 0.126 e. The highest BCUT2D eigenvalue weighted by atomic mass is 79.9. The highest BCUT2D eigenvalue weighted by Gasteiger charge is 2.19. The van der Waals surface area contributed by atoms with E-state index in [1.165, 1.54) is 24.8 Å². The summed E-state index contributed by atoms with van der Waals surface area (Å²) < 4.78 is 6.64. The lowest BCUT2D eigenvalue weighted by molar-refractivity contribution is 0.404. The third kappa shape index (κ3) is 3.64. The van der Waals surface area contributed by atoms with Gasteiger partial charge in [0.2, 0.25) is 0 Å². The molecule has 1 unspecified atom stereocenters. The van der Waals surface area contributed by atoms with Crippen LogP contribution >= 0.6 is 27.5 Å². The third-order valence-corrected chi connectivity index (χ3v) is 4.55. The molecule has 0 N–H and O–H groups in total.